The van der Waals surface area contributed by atoms with Crippen LogP contribution in [0.15, 0.2) is 54.6 Å². The molecule has 204 valence electrons. The Bertz CT molecular complexity index is 1170. The molecule has 0 atom stereocenters. The van der Waals surface area contributed by atoms with Gasteiger partial charge in [0.05, 0.1) is 5.69 Å². The zero-order chi connectivity index (χ0) is 27.1. The quantitative estimate of drug-likeness (QED) is 0.302. The van der Waals surface area contributed by atoms with Gasteiger partial charge in [0.15, 0.2) is 0 Å². The van der Waals surface area contributed by atoms with Crippen molar-refractivity contribution in [3.8, 4) is 0 Å². The van der Waals surface area contributed by atoms with Crippen LogP contribution < -0.4 is 0 Å². The number of hydrogen-bond acceptors (Lipinski definition) is 3. The zero-order valence-electron chi connectivity index (χ0n) is 23.4. The number of hydrogen-bond donors (Lipinski definition) is 0. The summed E-state index contributed by atoms with van der Waals surface area (Å²) in [6, 6.07) is 17.4. The molecule has 4 rings (SSSR count). The average molecular weight is 520 g/mol. The molecule has 0 spiro atoms. The summed E-state index contributed by atoms with van der Waals surface area (Å²) in [6.45, 7) is 10.2. The molecule has 6 heteroatoms. The fourth-order valence-electron chi connectivity index (χ4n) is 5.38. The van der Waals surface area contributed by atoms with E-state index in [9.17, 15) is 9.18 Å². The lowest BCUT2D eigenvalue weighted by molar-refractivity contribution is 0.0203. The molecule has 3 aromatic rings. The predicted octanol–water partition coefficient (Wildman–Crippen LogP) is 7.12. The fourth-order valence-corrected chi connectivity index (χ4v) is 5.38. The maximum atomic E-state index is 13.4. The minimum atomic E-state index is -0.486. The number of carbonyl (C=O) groups is 1. The number of aryl methyl sites for hydroxylation is 4. The third-order valence-electron chi connectivity index (χ3n) is 7.27. The lowest BCUT2D eigenvalue weighted by Crippen LogP contribution is -2.41. The molecule has 1 aliphatic heterocycles. The molecule has 1 fully saturated rings. The number of rotatable bonds is 9. The van der Waals surface area contributed by atoms with Crippen LogP contribution in [0.1, 0.15) is 81.2 Å². The second-order valence-corrected chi connectivity index (χ2v) is 11.3. The lowest BCUT2D eigenvalue weighted by atomic mass is 9.91. The number of piperidine rings is 1. The SMILES string of the molecule is CCc1nc(CCc2ccc(F)cc2)n(CCCc2ccccc2)c1C1CCN(C(=O)OC(C)(C)C)CC1. The van der Waals surface area contributed by atoms with Crippen molar-refractivity contribution in [3.05, 3.63) is 88.8 Å². The largest absolute Gasteiger partial charge is 0.444 e. The highest BCUT2D eigenvalue weighted by Gasteiger charge is 2.31. The van der Waals surface area contributed by atoms with Gasteiger partial charge in [0.2, 0.25) is 0 Å². The summed E-state index contributed by atoms with van der Waals surface area (Å²) in [7, 11) is 0. The second-order valence-electron chi connectivity index (χ2n) is 11.3. The Kier molecular flexibility index (Phi) is 9.24. The van der Waals surface area contributed by atoms with Crippen molar-refractivity contribution in [2.75, 3.05) is 13.1 Å². The molecular formula is C32H42FN3O2. The van der Waals surface area contributed by atoms with Gasteiger partial charge in [-0.05, 0) is 82.6 Å². The third kappa shape index (κ3) is 7.46. The average Bonchev–Trinajstić information content (AvgIpc) is 3.25. The first-order valence-electron chi connectivity index (χ1n) is 14.1. The number of amides is 1. The molecule has 38 heavy (non-hydrogen) atoms. The minimum Gasteiger partial charge on any atom is -0.444 e. The van der Waals surface area contributed by atoms with Crippen molar-refractivity contribution >= 4 is 6.09 Å². The van der Waals surface area contributed by atoms with Crippen LogP contribution in [0.4, 0.5) is 9.18 Å². The van der Waals surface area contributed by atoms with Crippen LogP contribution in [0, 0.1) is 5.82 Å². The number of likely N-dealkylation sites (tertiary alicyclic amines) is 1. The van der Waals surface area contributed by atoms with Crippen molar-refractivity contribution in [3.63, 3.8) is 0 Å². The van der Waals surface area contributed by atoms with Gasteiger partial charge in [-0.3, -0.25) is 0 Å². The van der Waals surface area contributed by atoms with E-state index in [1.807, 2.05) is 37.8 Å². The van der Waals surface area contributed by atoms with E-state index in [1.54, 1.807) is 0 Å². The Hall–Kier alpha value is -3.15. The van der Waals surface area contributed by atoms with Gasteiger partial charge in [-0.25, -0.2) is 14.2 Å². The van der Waals surface area contributed by atoms with Gasteiger partial charge in [0.1, 0.15) is 17.2 Å². The summed E-state index contributed by atoms with van der Waals surface area (Å²) in [5.41, 5.74) is 4.51. The maximum Gasteiger partial charge on any atom is 0.410 e. The van der Waals surface area contributed by atoms with Crippen LogP contribution in [0.25, 0.3) is 0 Å². The Morgan fingerprint density at radius 3 is 2.26 bits per heavy atom. The molecule has 1 saturated heterocycles. The second kappa shape index (κ2) is 12.6. The van der Waals surface area contributed by atoms with Gasteiger partial charge in [-0.2, -0.15) is 0 Å². The van der Waals surface area contributed by atoms with Gasteiger partial charge in [0.25, 0.3) is 0 Å². The molecule has 1 aliphatic rings. The van der Waals surface area contributed by atoms with Crippen LogP contribution in [-0.2, 0) is 37.0 Å². The van der Waals surface area contributed by atoms with Crippen molar-refractivity contribution in [1.29, 1.82) is 0 Å². The molecule has 0 saturated carbocycles. The normalized spacial score (nSPS) is 14.6. The van der Waals surface area contributed by atoms with Gasteiger partial charge >= 0.3 is 6.09 Å². The molecule has 0 N–H and O–H groups in total. The Morgan fingerprint density at radius 2 is 1.63 bits per heavy atom. The molecule has 1 amide bonds. The van der Waals surface area contributed by atoms with E-state index >= 15 is 0 Å². The molecule has 0 bridgehead atoms. The summed E-state index contributed by atoms with van der Waals surface area (Å²) < 4.78 is 21.5. The summed E-state index contributed by atoms with van der Waals surface area (Å²) in [5.74, 6) is 1.28. The smallest absolute Gasteiger partial charge is 0.410 e. The van der Waals surface area contributed by atoms with Crippen LogP contribution in [0.3, 0.4) is 0 Å². The molecule has 0 unspecified atom stereocenters. The van der Waals surface area contributed by atoms with Crippen LogP contribution in [0.5, 0.6) is 0 Å². The van der Waals surface area contributed by atoms with E-state index in [4.69, 9.17) is 9.72 Å². The predicted molar refractivity (Wildman–Crippen MR) is 150 cm³/mol. The molecule has 1 aromatic heterocycles. The number of aromatic nitrogens is 2. The molecule has 2 aromatic carbocycles. The van der Waals surface area contributed by atoms with Gasteiger partial charge < -0.3 is 14.2 Å². The highest BCUT2D eigenvalue weighted by Crippen LogP contribution is 2.33. The fraction of sp³-hybridized carbons (Fsp3) is 0.500. The van der Waals surface area contributed by atoms with Crippen molar-refractivity contribution in [2.24, 2.45) is 0 Å². The van der Waals surface area contributed by atoms with Crippen LogP contribution in [-0.4, -0.2) is 39.2 Å². The molecule has 0 aliphatic carbocycles. The number of carbonyl (C=O) groups excluding carboxylic acids is 1. The lowest BCUT2D eigenvalue weighted by Gasteiger charge is -2.34. The third-order valence-corrected chi connectivity index (χ3v) is 7.27. The van der Waals surface area contributed by atoms with Crippen molar-refractivity contribution in [2.45, 2.75) is 90.7 Å². The van der Waals surface area contributed by atoms with Gasteiger partial charge in [-0.1, -0.05) is 49.4 Å². The summed E-state index contributed by atoms with van der Waals surface area (Å²) >= 11 is 0. The minimum absolute atomic E-state index is 0.204. The number of imidazole rings is 1. The van der Waals surface area contributed by atoms with E-state index in [2.05, 4.69) is 41.8 Å². The van der Waals surface area contributed by atoms with E-state index in [0.717, 1.165) is 62.9 Å². The Balaban J connectivity index is 1.52. The van der Waals surface area contributed by atoms with Gasteiger partial charge in [0, 0.05) is 37.7 Å². The summed E-state index contributed by atoms with van der Waals surface area (Å²) in [5, 5.41) is 0. The monoisotopic (exact) mass is 519 g/mol. The summed E-state index contributed by atoms with van der Waals surface area (Å²) in [4.78, 5) is 19.6. The number of nitrogens with zero attached hydrogens (tertiary/aromatic N) is 3. The van der Waals surface area contributed by atoms with Gasteiger partial charge in [-0.15, -0.1) is 0 Å². The van der Waals surface area contributed by atoms with Crippen LogP contribution >= 0.6 is 0 Å². The number of halogens is 1. The highest BCUT2D eigenvalue weighted by atomic mass is 19.1. The molecular weight excluding hydrogens is 477 g/mol. The molecule has 2 heterocycles. The van der Waals surface area contributed by atoms with E-state index in [1.165, 1.54) is 29.1 Å². The molecule has 0 radical (unpaired) electrons. The van der Waals surface area contributed by atoms with E-state index in [0.29, 0.717) is 19.0 Å². The molecule has 5 nitrogen and oxygen atoms in total. The van der Waals surface area contributed by atoms with E-state index in [-0.39, 0.29) is 11.9 Å². The maximum absolute atomic E-state index is 13.4. The van der Waals surface area contributed by atoms with Crippen molar-refractivity contribution < 1.29 is 13.9 Å². The summed E-state index contributed by atoms with van der Waals surface area (Å²) in [6.07, 6.45) is 6.20. The Labute approximate surface area is 227 Å². The highest BCUT2D eigenvalue weighted by molar-refractivity contribution is 5.68. The van der Waals surface area contributed by atoms with E-state index < -0.39 is 5.60 Å². The first-order valence-corrected chi connectivity index (χ1v) is 14.1. The number of benzene rings is 2. The number of ether oxygens (including phenoxy) is 1. The standard InChI is InChI=1S/C32H42FN3O2/c1-5-28-30(26-19-22-35(23-20-26)31(37)38-32(2,3)4)36(21-9-12-24-10-7-6-8-11-24)29(34-28)18-15-25-13-16-27(33)17-14-25/h6-8,10-11,13-14,16-17,26H,5,9,12,15,18-23H2,1-4H3. The first kappa shape index (κ1) is 27.9. The first-order chi connectivity index (χ1) is 18.2. The topological polar surface area (TPSA) is 47.4 Å². The Morgan fingerprint density at radius 1 is 0.974 bits per heavy atom. The zero-order valence-corrected chi connectivity index (χ0v) is 23.4. The van der Waals surface area contributed by atoms with Crippen molar-refractivity contribution in [1.82, 2.24) is 14.5 Å². The van der Waals surface area contributed by atoms with Crippen LogP contribution in [0.2, 0.25) is 0 Å².